The molecule has 0 saturated carbocycles. The van der Waals surface area contributed by atoms with E-state index in [9.17, 15) is 0 Å². The first-order valence-electron chi connectivity index (χ1n) is 8.30. The Morgan fingerprint density at radius 1 is 1.32 bits per heavy atom. The van der Waals surface area contributed by atoms with Gasteiger partial charge in [0.15, 0.2) is 5.96 Å². The number of rotatable bonds is 10. The molecule has 1 unspecified atom stereocenters. The first-order chi connectivity index (χ1) is 10.7. The van der Waals surface area contributed by atoms with E-state index in [2.05, 4.69) is 41.4 Å². The van der Waals surface area contributed by atoms with Crippen molar-refractivity contribution in [3.8, 4) is 0 Å². The van der Waals surface area contributed by atoms with E-state index in [1.54, 1.807) is 11.3 Å². The van der Waals surface area contributed by atoms with E-state index in [0.717, 1.165) is 49.7 Å². The lowest BCUT2D eigenvalue weighted by Crippen LogP contribution is -2.40. The van der Waals surface area contributed by atoms with E-state index in [-0.39, 0.29) is 6.61 Å². The zero-order valence-corrected chi connectivity index (χ0v) is 14.9. The van der Waals surface area contributed by atoms with E-state index >= 15 is 0 Å². The topological polar surface area (TPSA) is 69.5 Å². The molecule has 1 heterocycles. The Bertz CT molecular complexity index is 428. The number of hydrogen-bond acceptors (Lipinski definition) is 4. The van der Waals surface area contributed by atoms with Crippen molar-refractivity contribution in [2.75, 3.05) is 19.7 Å². The zero-order chi connectivity index (χ0) is 16.2. The van der Waals surface area contributed by atoms with Crippen LogP contribution in [0.4, 0.5) is 0 Å². The SMILES string of the molecule is CCCC(CCO)CNC(=NCc1ncc(CC)s1)NCC. The minimum atomic E-state index is 0.249. The fraction of sp³-hybridized carbons (Fsp3) is 0.750. The van der Waals surface area contributed by atoms with Gasteiger partial charge in [-0.25, -0.2) is 9.98 Å². The Morgan fingerprint density at radius 3 is 2.73 bits per heavy atom. The molecule has 1 rings (SSSR count). The largest absolute Gasteiger partial charge is 0.396 e. The molecule has 1 aromatic heterocycles. The molecule has 3 N–H and O–H groups in total. The predicted molar refractivity (Wildman–Crippen MR) is 94.4 cm³/mol. The van der Waals surface area contributed by atoms with Gasteiger partial charge in [0.1, 0.15) is 5.01 Å². The molecule has 0 aromatic carbocycles. The Labute approximate surface area is 138 Å². The average molecular weight is 327 g/mol. The first kappa shape index (κ1) is 18.9. The van der Waals surface area contributed by atoms with Crippen LogP contribution in [0.15, 0.2) is 11.2 Å². The van der Waals surface area contributed by atoms with Crippen molar-refractivity contribution in [2.45, 2.75) is 53.0 Å². The van der Waals surface area contributed by atoms with Gasteiger partial charge in [-0.2, -0.15) is 0 Å². The second-order valence-corrected chi connectivity index (χ2v) is 6.52. The summed E-state index contributed by atoms with van der Waals surface area (Å²) in [6.45, 7) is 8.92. The molecular weight excluding hydrogens is 296 g/mol. The average Bonchev–Trinajstić information content (AvgIpc) is 2.98. The number of guanidine groups is 1. The molecule has 126 valence electrons. The highest BCUT2D eigenvalue weighted by atomic mass is 32.1. The summed E-state index contributed by atoms with van der Waals surface area (Å²) in [6.07, 6.45) is 6.07. The van der Waals surface area contributed by atoms with Crippen molar-refractivity contribution in [1.29, 1.82) is 0 Å². The Morgan fingerprint density at radius 2 is 2.14 bits per heavy atom. The molecule has 1 atom stereocenters. The highest BCUT2D eigenvalue weighted by Crippen LogP contribution is 2.14. The molecule has 0 saturated heterocycles. The fourth-order valence-electron chi connectivity index (χ4n) is 2.25. The van der Waals surface area contributed by atoms with E-state index in [1.807, 2.05) is 6.20 Å². The van der Waals surface area contributed by atoms with Crippen molar-refractivity contribution in [1.82, 2.24) is 15.6 Å². The minimum Gasteiger partial charge on any atom is -0.396 e. The third kappa shape index (κ3) is 7.22. The maximum absolute atomic E-state index is 9.13. The number of nitrogens with zero attached hydrogens (tertiary/aromatic N) is 2. The van der Waals surface area contributed by atoms with Gasteiger partial charge in [0.05, 0.1) is 6.54 Å². The van der Waals surface area contributed by atoms with Crippen LogP contribution < -0.4 is 10.6 Å². The van der Waals surface area contributed by atoms with Crippen LogP contribution in [-0.2, 0) is 13.0 Å². The Kier molecular flexibility index (Phi) is 9.82. The molecule has 0 radical (unpaired) electrons. The molecule has 5 nitrogen and oxygen atoms in total. The number of nitrogens with one attached hydrogen (secondary N) is 2. The van der Waals surface area contributed by atoms with Crippen molar-refractivity contribution >= 4 is 17.3 Å². The summed E-state index contributed by atoms with van der Waals surface area (Å²) in [7, 11) is 0. The molecule has 22 heavy (non-hydrogen) atoms. The molecule has 0 aliphatic heterocycles. The van der Waals surface area contributed by atoms with Gasteiger partial charge in [0, 0.05) is 30.8 Å². The summed E-state index contributed by atoms with van der Waals surface area (Å²) >= 11 is 1.73. The lowest BCUT2D eigenvalue weighted by molar-refractivity contribution is 0.251. The van der Waals surface area contributed by atoms with Crippen LogP contribution in [0.3, 0.4) is 0 Å². The van der Waals surface area contributed by atoms with E-state index in [4.69, 9.17) is 5.11 Å². The Hall–Kier alpha value is -1.14. The molecule has 0 aliphatic carbocycles. The van der Waals surface area contributed by atoms with Crippen LogP contribution in [0.2, 0.25) is 0 Å². The molecule has 1 aromatic rings. The number of thiazole rings is 1. The van der Waals surface area contributed by atoms with Gasteiger partial charge in [-0.15, -0.1) is 11.3 Å². The second-order valence-electron chi connectivity index (χ2n) is 5.32. The van der Waals surface area contributed by atoms with Crippen LogP contribution in [0.1, 0.15) is 49.9 Å². The third-order valence-corrected chi connectivity index (χ3v) is 4.59. The summed E-state index contributed by atoms with van der Waals surface area (Å²) < 4.78 is 0. The maximum Gasteiger partial charge on any atom is 0.191 e. The highest BCUT2D eigenvalue weighted by Gasteiger charge is 2.08. The van der Waals surface area contributed by atoms with Gasteiger partial charge < -0.3 is 15.7 Å². The molecule has 0 bridgehead atoms. The fourth-order valence-corrected chi connectivity index (χ4v) is 3.04. The van der Waals surface area contributed by atoms with Crippen LogP contribution in [-0.4, -0.2) is 35.7 Å². The van der Waals surface area contributed by atoms with Crippen molar-refractivity contribution in [3.05, 3.63) is 16.1 Å². The molecule has 0 spiro atoms. The number of hydrogen-bond donors (Lipinski definition) is 3. The van der Waals surface area contributed by atoms with E-state index in [0.29, 0.717) is 12.5 Å². The number of aliphatic hydroxyl groups excluding tert-OH is 1. The summed E-state index contributed by atoms with van der Waals surface area (Å²) in [5.74, 6) is 1.32. The standard InChI is InChI=1S/C16H30N4OS/c1-4-7-13(8-9-21)10-19-16(17-6-3)20-12-15-18-11-14(5-2)22-15/h11,13,21H,4-10,12H2,1-3H3,(H2,17,19,20). The number of aromatic nitrogens is 1. The van der Waals surface area contributed by atoms with Gasteiger partial charge in [-0.1, -0.05) is 20.3 Å². The van der Waals surface area contributed by atoms with Crippen LogP contribution >= 0.6 is 11.3 Å². The van der Waals surface area contributed by atoms with Crippen LogP contribution in [0, 0.1) is 5.92 Å². The molecule has 6 heteroatoms. The number of aliphatic hydroxyl groups is 1. The molecule has 0 amide bonds. The minimum absolute atomic E-state index is 0.249. The predicted octanol–water partition coefficient (Wildman–Crippen LogP) is 2.56. The van der Waals surface area contributed by atoms with Gasteiger partial charge in [0.2, 0.25) is 0 Å². The van der Waals surface area contributed by atoms with Crippen LogP contribution in [0.25, 0.3) is 0 Å². The van der Waals surface area contributed by atoms with Gasteiger partial charge in [0.25, 0.3) is 0 Å². The summed E-state index contributed by atoms with van der Waals surface area (Å²) in [5.41, 5.74) is 0. The lowest BCUT2D eigenvalue weighted by Gasteiger charge is -2.18. The van der Waals surface area contributed by atoms with Gasteiger partial charge in [-0.05, 0) is 32.1 Å². The van der Waals surface area contributed by atoms with Gasteiger partial charge >= 0.3 is 0 Å². The van der Waals surface area contributed by atoms with E-state index in [1.165, 1.54) is 4.88 Å². The van der Waals surface area contributed by atoms with Gasteiger partial charge in [-0.3, -0.25) is 0 Å². The maximum atomic E-state index is 9.13. The second kappa shape index (κ2) is 11.4. The van der Waals surface area contributed by atoms with Crippen molar-refractivity contribution in [3.63, 3.8) is 0 Å². The smallest absolute Gasteiger partial charge is 0.191 e. The third-order valence-electron chi connectivity index (χ3n) is 3.46. The lowest BCUT2D eigenvalue weighted by atomic mass is 10.0. The first-order valence-corrected chi connectivity index (χ1v) is 9.11. The van der Waals surface area contributed by atoms with Crippen molar-refractivity contribution in [2.24, 2.45) is 10.9 Å². The quantitative estimate of drug-likeness (QED) is 0.456. The van der Waals surface area contributed by atoms with E-state index < -0.39 is 0 Å². The number of aryl methyl sites for hydroxylation is 1. The number of aliphatic imine (C=N–C) groups is 1. The summed E-state index contributed by atoms with van der Waals surface area (Å²) in [4.78, 5) is 10.3. The van der Waals surface area contributed by atoms with Crippen LogP contribution in [0.5, 0.6) is 0 Å². The molecular formula is C16H30N4OS. The monoisotopic (exact) mass is 326 g/mol. The molecule has 0 fully saturated rings. The summed E-state index contributed by atoms with van der Waals surface area (Å²) in [5, 5.41) is 16.8. The Balaban J connectivity index is 2.53. The zero-order valence-electron chi connectivity index (χ0n) is 14.1. The normalized spacial score (nSPS) is 13.2. The highest BCUT2D eigenvalue weighted by molar-refractivity contribution is 7.11. The molecule has 0 aliphatic rings. The van der Waals surface area contributed by atoms with Crippen molar-refractivity contribution < 1.29 is 5.11 Å². The summed E-state index contributed by atoms with van der Waals surface area (Å²) in [6, 6.07) is 0.